The van der Waals surface area contributed by atoms with Gasteiger partial charge < -0.3 is 9.84 Å². The second kappa shape index (κ2) is 6.92. The average Bonchev–Trinajstić information content (AvgIpc) is 2.44. The van der Waals surface area contributed by atoms with E-state index in [9.17, 15) is 62.3 Å². The highest BCUT2D eigenvalue weighted by atomic mass is 19.4. The molecule has 0 aliphatic carbocycles. The Morgan fingerprint density at radius 2 is 1.19 bits per heavy atom. The van der Waals surface area contributed by atoms with Crippen molar-refractivity contribution in [3.05, 3.63) is 0 Å². The largest absolute Gasteiger partial charge is 0.477 e. The van der Waals surface area contributed by atoms with Gasteiger partial charge in [-0.1, -0.05) is 0 Å². The molecule has 0 aliphatic rings. The monoisotopic (exact) mass is 432 g/mol. The quantitative estimate of drug-likeness (QED) is 0.445. The Morgan fingerprint density at radius 1 is 0.778 bits per heavy atom. The highest BCUT2D eigenvalue weighted by Gasteiger charge is 2.79. The van der Waals surface area contributed by atoms with E-state index in [1.54, 1.807) is 0 Å². The van der Waals surface area contributed by atoms with E-state index in [-0.39, 0.29) is 0 Å². The van der Waals surface area contributed by atoms with E-state index >= 15 is 0 Å². The number of alkyl halides is 12. The van der Waals surface area contributed by atoms with Gasteiger partial charge in [0.25, 0.3) is 0 Å². The maximum absolute atomic E-state index is 13.1. The van der Waals surface area contributed by atoms with Gasteiger partial charge in [0.05, 0.1) is 13.0 Å². The van der Waals surface area contributed by atoms with Crippen LogP contribution in [0.4, 0.5) is 52.7 Å². The van der Waals surface area contributed by atoms with Gasteiger partial charge in [-0.25, -0.2) is 9.59 Å². The smallest absolute Gasteiger partial charge is 0.411 e. The summed E-state index contributed by atoms with van der Waals surface area (Å²) < 4.78 is 157. The SMILES string of the molecule is CC(F)(F)C(F)(F)C(F)(F)CCOC(=O)C(F)(F)C(F)(F)C(F)(F)C(=O)O. The number of carbonyl (C=O) groups is 2. The Labute approximate surface area is 141 Å². The summed E-state index contributed by atoms with van der Waals surface area (Å²) in [5.74, 6) is -44.6. The van der Waals surface area contributed by atoms with Gasteiger partial charge in [-0.3, -0.25) is 0 Å². The van der Waals surface area contributed by atoms with Crippen molar-refractivity contribution >= 4 is 11.9 Å². The lowest BCUT2D eigenvalue weighted by Crippen LogP contribution is -2.61. The fraction of sp³-hybridized carbons (Fsp3) is 0.818. The third-order valence-corrected chi connectivity index (χ3v) is 2.97. The van der Waals surface area contributed by atoms with Crippen molar-refractivity contribution in [3.8, 4) is 0 Å². The molecule has 0 radical (unpaired) electrons. The molecule has 160 valence electrons. The molecule has 1 N–H and O–H groups in total. The summed E-state index contributed by atoms with van der Waals surface area (Å²) in [5.41, 5.74) is 0. The van der Waals surface area contributed by atoms with Crippen molar-refractivity contribution in [1.29, 1.82) is 0 Å². The highest BCUT2D eigenvalue weighted by molar-refractivity contribution is 5.83. The molecule has 16 heteroatoms. The van der Waals surface area contributed by atoms with Crippen LogP contribution in [0.25, 0.3) is 0 Å². The van der Waals surface area contributed by atoms with Crippen LogP contribution in [0.3, 0.4) is 0 Å². The molecule has 0 aromatic carbocycles. The predicted molar refractivity (Wildman–Crippen MR) is 58.6 cm³/mol. The molecule has 0 fully saturated rings. The number of halogens is 12. The minimum absolute atomic E-state index is 0.629. The van der Waals surface area contributed by atoms with Crippen LogP contribution in [-0.4, -0.2) is 59.2 Å². The Hall–Kier alpha value is -1.90. The van der Waals surface area contributed by atoms with Crippen LogP contribution in [0.1, 0.15) is 13.3 Å². The molecule has 0 unspecified atom stereocenters. The molecule has 0 saturated heterocycles. The predicted octanol–water partition coefficient (Wildman–Crippen LogP) is 3.84. The van der Waals surface area contributed by atoms with Crippen LogP contribution in [0, 0.1) is 0 Å². The van der Waals surface area contributed by atoms with E-state index in [1.165, 1.54) is 0 Å². The van der Waals surface area contributed by atoms with Gasteiger partial charge in [0.2, 0.25) is 0 Å². The summed E-state index contributed by atoms with van der Waals surface area (Å²) in [6.45, 7) is -2.92. The molecule has 0 aliphatic heterocycles. The van der Waals surface area contributed by atoms with Crippen LogP contribution in [0.2, 0.25) is 0 Å². The summed E-state index contributed by atoms with van der Waals surface area (Å²) in [4.78, 5) is 20.7. The van der Waals surface area contributed by atoms with Crippen molar-refractivity contribution in [1.82, 2.24) is 0 Å². The lowest BCUT2D eigenvalue weighted by atomic mass is 10.0. The topological polar surface area (TPSA) is 63.6 Å². The molecule has 4 nitrogen and oxygen atoms in total. The first-order valence-corrected chi connectivity index (χ1v) is 6.25. The summed E-state index contributed by atoms with van der Waals surface area (Å²) >= 11 is 0. The zero-order valence-electron chi connectivity index (χ0n) is 12.6. The first kappa shape index (κ1) is 25.1. The van der Waals surface area contributed by atoms with Crippen LogP contribution in [-0.2, 0) is 14.3 Å². The lowest BCUT2D eigenvalue weighted by Gasteiger charge is -2.31. The Balaban J connectivity index is 5.29. The number of ether oxygens (including phenoxy) is 1. The number of hydrogen-bond acceptors (Lipinski definition) is 3. The molecule has 0 atom stereocenters. The fourth-order valence-electron chi connectivity index (χ4n) is 1.30. The Morgan fingerprint density at radius 3 is 1.52 bits per heavy atom. The summed E-state index contributed by atoms with van der Waals surface area (Å²) in [5, 5.41) is 7.80. The molecule has 0 heterocycles. The van der Waals surface area contributed by atoms with Crippen LogP contribution < -0.4 is 0 Å². The molecule has 0 spiro atoms. The van der Waals surface area contributed by atoms with Gasteiger partial charge in [-0.2, -0.15) is 52.7 Å². The van der Waals surface area contributed by atoms with E-state index in [0.29, 0.717) is 0 Å². The maximum Gasteiger partial charge on any atom is 0.411 e. The molecular formula is C11H8F12O4. The Kier molecular flexibility index (Phi) is 6.44. The van der Waals surface area contributed by atoms with E-state index in [2.05, 4.69) is 4.74 Å². The number of carboxylic acid groups (broad SMARTS) is 1. The van der Waals surface area contributed by atoms with Gasteiger partial charge in [0.15, 0.2) is 0 Å². The molecular weight excluding hydrogens is 424 g/mol. The van der Waals surface area contributed by atoms with E-state index in [0.717, 1.165) is 0 Å². The summed E-state index contributed by atoms with van der Waals surface area (Å²) in [7, 11) is 0. The number of hydrogen-bond donors (Lipinski definition) is 1. The normalized spacial score (nSPS) is 14.9. The third kappa shape index (κ3) is 4.17. The standard InChI is InChI=1S/C11H8F12O4/c1-6(12,13)10(20,21)7(14,15)2-3-27-5(26)9(18,19)11(22,23)8(16,17)4(24)25/h2-3H2,1H3,(H,24,25). The minimum atomic E-state index is -6.91. The van der Waals surface area contributed by atoms with E-state index < -0.39 is 67.4 Å². The second-order valence-corrected chi connectivity index (χ2v) is 5.08. The second-order valence-electron chi connectivity index (χ2n) is 5.08. The highest BCUT2D eigenvalue weighted by Crippen LogP contribution is 2.48. The third-order valence-electron chi connectivity index (χ3n) is 2.97. The number of carboxylic acids is 1. The van der Waals surface area contributed by atoms with Crippen molar-refractivity contribution in [2.45, 2.75) is 48.9 Å². The summed E-state index contributed by atoms with van der Waals surface area (Å²) in [6, 6.07) is 0. The molecule has 0 aromatic rings. The number of carbonyl (C=O) groups excluding carboxylic acids is 1. The van der Waals surface area contributed by atoms with Crippen LogP contribution in [0.15, 0.2) is 0 Å². The number of esters is 1. The molecule has 0 rings (SSSR count). The van der Waals surface area contributed by atoms with Gasteiger partial charge in [0.1, 0.15) is 0 Å². The maximum atomic E-state index is 13.1. The minimum Gasteiger partial charge on any atom is -0.477 e. The molecule has 0 aromatic heterocycles. The Bertz CT molecular complexity index is 580. The van der Waals surface area contributed by atoms with Crippen LogP contribution in [0.5, 0.6) is 0 Å². The molecule has 0 amide bonds. The molecule has 0 bridgehead atoms. The van der Waals surface area contributed by atoms with Gasteiger partial charge in [-0.15, -0.1) is 0 Å². The van der Waals surface area contributed by atoms with Crippen LogP contribution >= 0.6 is 0 Å². The first-order valence-electron chi connectivity index (χ1n) is 6.25. The number of aliphatic carboxylic acids is 1. The first-order chi connectivity index (χ1) is 11.6. The lowest BCUT2D eigenvalue weighted by molar-refractivity contribution is -0.309. The zero-order chi connectivity index (χ0) is 22.3. The van der Waals surface area contributed by atoms with Gasteiger partial charge >= 0.3 is 47.5 Å². The average molecular weight is 432 g/mol. The summed E-state index contributed by atoms with van der Waals surface area (Å²) in [6.07, 6.45) is -2.58. The zero-order valence-corrected chi connectivity index (χ0v) is 12.6. The number of rotatable bonds is 9. The van der Waals surface area contributed by atoms with Crippen molar-refractivity contribution in [2.75, 3.05) is 6.61 Å². The van der Waals surface area contributed by atoms with Gasteiger partial charge in [0, 0.05) is 6.92 Å². The molecule has 27 heavy (non-hydrogen) atoms. The van der Waals surface area contributed by atoms with E-state index in [1.807, 2.05) is 0 Å². The molecule has 0 saturated carbocycles. The fourth-order valence-corrected chi connectivity index (χ4v) is 1.30. The van der Waals surface area contributed by atoms with Crippen molar-refractivity contribution in [2.24, 2.45) is 0 Å². The van der Waals surface area contributed by atoms with Gasteiger partial charge in [-0.05, 0) is 0 Å². The van der Waals surface area contributed by atoms with Crippen molar-refractivity contribution < 1.29 is 72.1 Å². The van der Waals surface area contributed by atoms with E-state index in [4.69, 9.17) is 5.11 Å². The van der Waals surface area contributed by atoms with Crippen molar-refractivity contribution in [3.63, 3.8) is 0 Å².